The maximum Gasteiger partial charge on any atom is 0.407 e. The van der Waals surface area contributed by atoms with Crippen molar-refractivity contribution in [3.63, 3.8) is 0 Å². The fourth-order valence-corrected chi connectivity index (χ4v) is 4.42. The average molecular weight is 581 g/mol. The smallest absolute Gasteiger partial charge is 0.407 e. The molecular weight excluding hydrogens is 545 g/mol. The van der Waals surface area contributed by atoms with E-state index in [9.17, 15) is 14.7 Å². The van der Waals surface area contributed by atoms with Gasteiger partial charge in [0.25, 0.3) is 0 Å². The zero-order valence-electron chi connectivity index (χ0n) is 20.5. The van der Waals surface area contributed by atoms with E-state index in [1.807, 2.05) is 75.4 Å². The van der Waals surface area contributed by atoms with Gasteiger partial charge in [-0.1, -0.05) is 69.2 Å². The number of unbranched alkanes of at least 4 members (excludes halogenated alkanes) is 1. The monoisotopic (exact) mass is 581 g/mol. The third-order valence-corrected chi connectivity index (χ3v) is 7.07. The number of alkyl carbamates (subject to hydrolysis) is 1. The first-order chi connectivity index (χ1) is 16.1. The predicted molar refractivity (Wildman–Crippen MR) is 141 cm³/mol. The molecule has 6 nitrogen and oxygen atoms in total. The molecule has 0 aliphatic rings. The molecule has 0 fully saturated rings. The highest BCUT2D eigenvalue weighted by atomic mass is 127. The molecule has 0 radical (unpaired) electrons. The highest BCUT2D eigenvalue weighted by Crippen LogP contribution is 2.34. The number of ether oxygens (including phenoxy) is 2. The summed E-state index contributed by atoms with van der Waals surface area (Å²) in [4.78, 5) is 24.6. The molecule has 0 aliphatic heterocycles. The van der Waals surface area contributed by atoms with Gasteiger partial charge in [0, 0.05) is 10.1 Å². The number of rotatable bonds is 12. The molecule has 34 heavy (non-hydrogen) atoms. The normalized spacial score (nSPS) is 14.1. The van der Waals surface area contributed by atoms with Crippen LogP contribution in [0.1, 0.15) is 57.6 Å². The molecule has 0 saturated carbocycles. The number of benzene rings is 2. The number of hydrogen-bond donors (Lipinski definition) is 2. The number of methoxy groups -OCH3 is 1. The summed E-state index contributed by atoms with van der Waals surface area (Å²) in [6.07, 6.45) is 1.76. The lowest BCUT2D eigenvalue weighted by molar-refractivity contribution is -0.147. The number of amides is 1. The number of carbonyl (C=O) groups is 2. The Morgan fingerprint density at radius 2 is 1.71 bits per heavy atom. The Kier molecular flexibility index (Phi) is 10.8. The fraction of sp³-hybridized carbons (Fsp3) is 0.481. The van der Waals surface area contributed by atoms with Gasteiger partial charge in [0.1, 0.15) is 6.61 Å². The Bertz CT molecular complexity index is 934. The lowest BCUT2D eigenvalue weighted by Gasteiger charge is -2.32. The maximum atomic E-state index is 12.6. The lowest BCUT2D eigenvalue weighted by atomic mass is 9.76. The number of esters is 1. The molecule has 0 saturated heterocycles. The molecule has 7 heteroatoms. The maximum absolute atomic E-state index is 12.6. The summed E-state index contributed by atoms with van der Waals surface area (Å²) in [6, 6.07) is 17.4. The second kappa shape index (κ2) is 13.1. The first-order valence-corrected chi connectivity index (χ1v) is 12.6. The van der Waals surface area contributed by atoms with Crippen molar-refractivity contribution in [2.24, 2.45) is 5.41 Å². The van der Waals surface area contributed by atoms with Crippen LogP contribution < -0.4 is 5.32 Å². The molecule has 0 heterocycles. The summed E-state index contributed by atoms with van der Waals surface area (Å²) >= 11 is 2.25. The highest BCUT2D eigenvalue weighted by molar-refractivity contribution is 14.1. The number of aliphatic hydroxyl groups is 1. The molecule has 1 amide bonds. The van der Waals surface area contributed by atoms with Crippen LogP contribution in [-0.4, -0.2) is 36.9 Å². The van der Waals surface area contributed by atoms with E-state index in [1.54, 1.807) is 0 Å². The molecule has 0 spiro atoms. The van der Waals surface area contributed by atoms with Crippen LogP contribution in [0.3, 0.4) is 0 Å². The summed E-state index contributed by atoms with van der Waals surface area (Å²) in [5, 5.41) is 13.3. The van der Waals surface area contributed by atoms with Gasteiger partial charge in [0.2, 0.25) is 0 Å². The molecule has 0 bridgehead atoms. The SMILES string of the molecule is COC(=O)C(C)(CCCCC(C)(C)C(O)CNC(=O)OCc1ccccc1)c1cccc(I)c1. The van der Waals surface area contributed by atoms with Crippen LogP contribution in [0.15, 0.2) is 54.6 Å². The van der Waals surface area contributed by atoms with Crippen molar-refractivity contribution < 1.29 is 24.2 Å². The van der Waals surface area contributed by atoms with Crippen LogP contribution in [0.25, 0.3) is 0 Å². The summed E-state index contributed by atoms with van der Waals surface area (Å²) in [7, 11) is 1.42. The minimum atomic E-state index is -0.723. The minimum Gasteiger partial charge on any atom is -0.468 e. The number of aliphatic hydroxyl groups excluding tert-OH is 1. The van der Waals surface area contributed by atoms with Crippen LogP contribution in [-0.2, 0) is 26.3 Å². The standard InChI is InChI=1S/C27H36INO5/c1-26(2,23(30)18-29-25(32)34-19-20-11-6-5-7-12-20)15-8-9-16-27(3,24(31)33-4)21-13-10-14-22(28)17-21/h5-7,10-14,17,23,30H,8-9,15-16,18-19H2,1-4H3,(H,29,32). The molecule has 2 N–H and O–H groups in total. The van der Waals surface area contributed by atoms with Gasteiger partial charge in [-0.2, -0.15) is 0 Å². The van der Waals surface area contributed by atoms with E-state index in [2.05, 4.69) is 27.9 Å². The third kappa shape index (κ3) is 8.27. The van der Waals surface area contributed by atoms with Gasteiger partial charge in [-0.25, -0.2) is 4.79 Å². The summed E-state index contributed by atoms with van der Waals surface area (Å²) < 4.78 is 11.4. The molecule has 186 valence electrons. The predicted octanol–water partition coefficient (Wildman–Crippen LogP) is 5.60. The van der Waals surface area contributed by atoms with Crippen LogP contribution in [0.4, 0.5) is 4.79 Å². The lowest BCUT2D eigenvalue weighted by Crippen LogP contribution is -2.41. The molecule has 2 aromatic rings. The average Bonchev–Trinajstić information content (AvgIpc) is 2.83. The quantitative estimate of drug-likeness (QED) is 0.194. The van der Waals surface area contributed by atoms with E-state index >= 15 is 0 Å². The van der Waals surface area contributed by atoms with Crippen LogP contribution >= 0.6 is 22.6 Å². The van der Waals surface area contributed by atoms with E-state index in [4.69, 9.17) is 9.47 Å². The molecule has 0 aliphatic carbocycles. The van der Waals surface area contributed by atoms with Crippen LogP contribution in [0, 0.1) is 8.99 Å². The van der Waals surface area contributed by atoms with E-state index in [-0.39, 0.29) is 19.1 Å². The summed E-state index contributed by atoms with van der Waals surface area (Å²) in [5.74, 6) is -0.244. The number of nitrogens with one attached hydrogen (secondary N) is 1. The fourth-order valence-electron chi connectivity index (χ4n) is 3.88. The van der Waals surface area contributed by atoms with Crippen molar-refractivity contribution in [2.75, 3.05) is 13.7 Å². The molecule has 2 unspecified atom stereocenters. The third-order valence-electron chi connectivity index (χ3n) is 6.40. The Labute approximate surface area is 216 Å². The van der Waals surface area contributed by atoms with Crippen molar-refractivity contribution in [1.82, 2.24) is 5.32 Å². The first kappa shape index (κ1) is 28.1. The minimum absolute atomic E-state index is 0.114. The highest BCUT2D eigenvalue weighted by Gasteiger charge is 2.36. The van der Waals surface area contributed by atoms with Gasteiger partial charge < -0.3 is 19.9 Å². The van der Waals surface area contributed by atoms with Crippen molar-refractivity contribution in [2.45, 2.75) is 64.6 Å². The van der Waals surface area contributed by atoms with E-state index in [0.29, 0.717) is 6.42 Å². The van der Waals surface area contributed by atoms with Gasteiger partial charge in [-0.05, 0) is 71.0 Å². The van der Waals surface area contributed by atoms with Gasteiger partial charge in [-0.3, -0.25) is 4.79 Å². The van der Waals surface area contributed by atoms with Crippen molar-refractivity contribution in [3.8, 4) is 0 Å². The van der Waals surface area contributed by atoms with Gasteiger partial charge in [-0.15, -0.1) is 0 Å². The molecular formula is C27H36INO5. The Balaban J connectivity index is 1.81. The Hall–Kier alpha value is -2.13. The molecule has 2 aromatic carbocycles. The van der Waals surface area contributed by atoms with Crippen molar-refractivity contribution in [3.05, 3.63) is 69.3 Å². The van der Waals surface area contributed by atoms with Gasteiger partial charge >= 0.3 is 12.1 Å². The summed E-state index contributed by atoms with van der Waals surface area (Å²) in [5.41, 5.74) is 0.727. The topological polar surface area (TPSA) is 84.9 Å². The zero-order chi connectivity index (χ0) is 25.2. The Morgan fingerprint density at radius 1 is 1.03 bits per heavy atom. The Morgan fingerprint density at radius 3 is 2.35 bits per heavy atom. The largest absolute Gasteiger partial charge is 0.468 e. The van der Waals surface area contributed by atoms with Crippen LogP contribution in [0.2, 0.25) is 0 Å². The first-order valence-electron chi connectivity index (χ1n) is 11.6. The zero-order valence-corrected chi connectivity index (χ0v) is 22.6. The van der Waals surface area contributed by atoms with E-state index in [1.165, 1.54) is 7.11 Å². The van der Waals surface area contributed by atoms with Crippen LogP contribution in [0.5, 0.6) is 0 Å². The van der Waals surface area contributed by atoms with Crippen molar-refractivity contribution in [1.29, 1.82) is 0 Å². The van der Waals surface area contributed by atoms with Crippen molar-refractivity contribution >= 4 is 34.7 Å². The molecule has 2 rings (SSSR count). The van der Waals surface area contributed by atoms with Gasteiger partial charge in [0.05, 0.1) is 18.6 Å². The van der Waals surface area contributed by atoms with E-state index in [0.717, 1.165) is 34.0 Å². The second-order valence-corrected chi connectivity index (χ2v) is 10.7. The second-order valence-electron chi connectivity index (χ2n) is 9.49. The van der Waals surface area contributed by atoms with E-state index < -0.39 is 23.0 Å². The molecule has 2 atom stereocenters. The molecule has 0 aromatic heterocycles. The number of carbonyl (C=O) groups excluding carboxylic acids is 2. The number of halogens is 1. The number of hydrogen-bond acceptors (Lipinski definition) is 5. The van der Waals surface area contributed by atoms with Gasteiger partial charge in [0.15, 0.2) is 0 Å². The summed E-state index contributed by atoms with van der Waals surface area (Å²) in [6.45, 7) is 6.19.